The van der Waals surface area contributed by atoms with E-state index in [0.29, 0.717) is 23.8 Å². The van der Waals surface area contributed by atoms with E-state index in [4.69, 9.17) is 0 Å². The highest BCUT2D eigenvalue weighted by molar-refractivity contribution is 7.91. The topological polar surface area (TPSA) is 88.4 Å². The van der Waals surface area contributed by atoms with Gasteiger partial charge in [0.1, 0.15) is 0 Å². The summed E-state index contributed by atoms with van der Waals surface area (Å²) in [4.78, 5) is 4.54. The number of nitrogens with one attached hydrogen (secondary N) is 2. The van der Waals surface area contributed by atoms with Crippen molar-refractivity contribution in [2.75, 3.05) is 25.9 Å². The van der Waals surface area contributed by atoms with E-state index < -0.39 is 9.84 Å². The fourth-order valence-corrected chi connectivity index (χ4v) is 4.10. The summed E-state index contributed by atoms with van der Waals surface area (Å²) in [5.74, 6) is 0.791. The zero-order valence-electron chi connectivity index (χ0n) is 16.3. The normalized spacial score (nSPS) is 12.2. The summed E-state index contributed by atoms with van der Waals surface area (Å²) in [5.41, 5.74) is 2.19. The Morgan fingerprint density at radius 2 is 1.78 bits per heavy atom. The van der Waals surface area contributed by atoms with Gasteiger partial charge in [0, 0.05) is 32.4 Å². The Morgan fingerprint density at radius 3 is 2.37 bits per heavy atom. The summed E-state index contributed by atoms with van der Waals surface area (Å²) >= 11 is 0. The minimum Gasteiger partial charge on any atom is -0.356 e. The monoisotopic (exact) mass is 391 g/mol. The predicted octanol–water partition coefficient (Wildman–Crippen LogP) is 1.92. The van der Waals surface area contributed by atoms with Gasteiger partial charge in [0.15, 0.2) is 15.8 Å². The Morgan fingerprint density at radius 1 is 1.11 bits per heavy atom. The minimum absolute atomic E-state index is 0.110. The number of aryl methyl sites for hydroxylation is 3. The molecule has 2 rings (SSSR count). The second-order valence-electron chi connectivity index (χ2n) is 6.42. The highest BCUT2D eigenvalue weighted by Gasteiger charge is 2.13. The Kier molecular flexibility index (Phi) is 7.84. The summed E-state index contributed by atoms with van der Waals surface area (Å²) in [5, 5.41) is 10.8. The van der Waals surface area contributed by atoms with Crippen LogP contribution in [0.5, 0.6) is 0 Å². The molecular formula is C19H29N5O2S. The lowest BCUT2D eigenvalue weighted by atomic mass is 10.4. The molecule has 0 unspecified atom stereocenters. The first kappa shape index (κ1) is 21.0. The Labute approximate surface area is 161 Å². The van der Waals surface area contributed by atoms with Gasteiger partial charge in [0.25, 0.3) is 0 Å². The maximum atomic E-state index is 12.2. The Balaban J connectivity index is 1.66. The van der Waals surface area contributed by atoms with Gasteiger partial charge in [0.05, 0.1) is 16.3 Å². The highest BCUT2D eigenvalue weighted by Crippen LogP contribution is 2.10. The van der Waals surface area contributed by atoms with Crippen LogP contribution in [0.25, 0.3) is 0 Å². The zero-order valence-corrected chi connectivity index (χ0v) is 17.1. The van der Waals surface area contributed by atoms with E-state index in [1.54, 1.807) is 31.3 Å². The number of benzene rings is 1. The maximum absolute atomic E-state index is 12.2. The molecule has 2 aromatic rings. The van der Waals surface area contributed by atoms with Crippen molar-refractivity contribution in [3.8, 4) is 0 Å². The molecule has 0 saturated heterocycles. The molecule has 0 radical (unpaired) electrons. The van der Waals surface area contributed by atoms with Gasteiger partial charge >= 0.3 is 0 Å². The first-order valence-electron chi connectivity index (χ1n) is 9.16. The molecule has 1 aromatic heterocycles. The van der Waals surface area contributed by atoms with Gasteiger partial charge in [-0.2, -0.15) is 5.10 Å². The van der Waals surface area contributed by atoms with Crippen LogP contribution >= 0.6 is 0 Å². The van der Waals surface area contributed by atoms with Crippen molar-refractivity contribution in [1.82, 2.24) is 20.4 Å². The van der Waals surface area contributed by atoms with Crippen LogP contribution in [0.1, 0.15) is 24.2 Å². The Hall–Kier alpha value is -2.35. The van der Waals surface area contributed by atoms with Gasteiger partial charge in [-0.1, -0.05) is 18.2 Å². The van der Waals surface area contributed by atoms with E-state index in [9.17, 15) is 8.42 Å². The standard InChI is InChI=1S/C19H29N5O2S/c1-16-15-17(2)24(23-16)13-7-11-21-19(20-3)22-12-8-14-27(25,26)18-9-5-4-6-10-18/h4-6,9-10,15H,7-8,11-14H2,1-3H3,(H2,20,21,22). The molecular weight excluding hydrogens is 362 g/mol. The molecule has 0 spiro atoms. The lowest BCUT2D eigenvalue weighted by Crippen LogP contribution is -2.38. The molecule has 0 aliphatic heterocycles. The number of rotatable bonds is 9. The predicted molar refractivity (Wildman–Crippen MR) is 109 cm³/mol. The molecule has 0 fully saturated rings. The highest BCUT2D eigenvalue weighted by atomic mass is 32.2. The molecule has 7 nitrogen and oxygen atoms in total. The van der Waals surface area contributed by atoms with Gasteiger partial charge in [-0.15, -0.1) is 0 Å². The summed E-state index contributed by atoms with van der Waals surface area (Å²) in [7, 11) is -1.52. The number of sulfone groups is 1. The molecule has 148 valence electrons. The average molecular weight is 392 g/mol. The fraction of sp³-hybridized carbons (Fsp3) is 0.474. The van der Waals surface area contributed by atoms with Crippen LogP contribution in [0, 0.1) is 13.8 Å². The zero-order chi connectivity index (χ0) is 19.7. The van der Waals surface area contributed by atoms with Crippen molar-refractivity contribution in [2.24, 2.45) is 4.99 Å². The number of guanidine groups is 1. The van der Waals surface area contributed by atoms with Crippen LogP contribution in [0.3, 0.4) is 0 Å². The molecule has 1 heterocycles. The minimum atomic E-state index is -3.23. The largest absolute Gasteiger partial charge is 0.356 e. The third-order valence-electron chi connectivity index (χ3n) is 4.15. The Bertz CT molecular complexity index is 844. The van der Waals surface area contributed by atoms with Gasteiger partial charge in [0.2, 0.25) is 0 Å². The number of nitrogens with zero attached hydrogens (tertiary/aromatic N) is 3. The van der Waals surface area contributed by atoms with E-state index in [1.165, 1.54) is 0 Å². The van der Waals surface area contributed by atoms with Crippen LogP contribution in [0.2, 0.25) is 0 Å². The fourth-order valence-electron chi connectivity index (χ4n) is 2.77. The van der Waals surface area contributed by atoms with E-state index in [0.717, 1.165) is 30.9 Å². The van der Waals surface area contributed by atoms with Gasteiger partial charge in [-0.25, -0.2) is 8.42 Å². The number of hydrogen-bond acceptors (Lipinski definition) is 4. The molecule has 0 amide bonds. The number of aromatic nitrogens is 2. The number of aliphatic imine (C=N–C) groups is 1. The van der Waals surface area contributed by atoms with Crippen LogP contribution < -0.4 is 10.6 Å². The van der Waals surface area contributed by atoms with Crippen LogP contribution in [-0.2, 0) is 16.4 Å². The van der Waals surface area contributed by atoms with E-state index in [-0.39, 0.29) is 5.75 Å². The van der Waals surface area contributed by atoms with E-state index in [1.807, 2.05) is 17.7 Å². The first-order valence-corrected chi connectivity index (χ1v) is 10.8. The van der Waals surface area contributed by atoms with Crippen molar-refractivity contribution < 1.29 is 8.42 Å². The van der Waals surface area contributed by atoms with Crippen molar-refractivity contribution >= 4 is 15.8 Å². The molecule has 1 aromatic carbocycles. The molecule has 2 N–H and O–H groups in total. The lowest BCUT2D eigenvalue weighted by molar-refractivity contribution is 0.555. The first-order chi connectivity index (χ1) is 12.9. The summed E-state index contributed by atoms with van der Waals surface area (Å²) in [6.07, 6.45) is 1.44. The molecule has 0 aliphatic carbocycles. The summed E-state index contributed by atoms with van der Waals surface area (Å²) in [6.45, 7) is 6.20. The van der Waals surface area contributed by atoms with Crippen LogP contribution in [-0.4, -0.2) is 50.0 Å². The van der Waals surface area contributed by atoms with Gasteiger partial charge < -0.3 is 10.6 Å². The van der Waals surface area contributed by atoms with Crippen molar-refractivity contribution in [2.45, 2.75) is 38.1 Å². The van der Waals surface area contributed by atoms with Crippen molar-refractivity contribution in [3.05, 3.63) is 47.8 Å². The molecule has 27 heavy (non-hydrogen) atoms. The molecule has 0 saturated carbocycles. The second-order valence-corrected chi connectivity index (χ2v) is 8.52. The second kappa shape index (κ2) is 10.1. The van der Waals surface area contributed by atoms with Crippen molar-refractivity contribution in [1.29, 1.82) is 0 Å². The third-order valence-corrected chi connectivity index (χ3v) is 5.97. The third kappa shape index (κ3) is 6.71. The van der Waals surface area contributed by atoms with Gasteiger partial charge in [-0.05, 0) is 44.9 Å². The molecule has 0 atom stereocenters. The van der Waals surface area contributed by atoms with Gasteiger partial charge in [-0.3, -0.25) is 9.67 Å². The number of hydrogen-bond donors (Lipinski definition) is 2. The maximum Gasteiger partial charge on any atom is 0.190 e. The summed E-state index contributed by atoms with van der Waals surface area (Å²) < 4.78 is 26.5. The molecule has 8 heteroatoms. The lowest BCUT2D eigenvalue weighted by Gasteiger charge is -2.12. The molecule has 0 bridgehead atoms. The van der Waals surface area contributed by atoms with Crippen molar-refractivity contribution in [3.63, 3.8) is 0 Å². The van der Waals surface area contributed by atoms with Crippen LogP contribution in [0.15, 0.2) is 46.3 Å². The quantitative estimate of drug-likeness (QED) is 0.387. The SMILES string of the molecule is CN=C(NCCCn1nc(C)cc1C)NCCCS(=O)(=O)c1ccccc1. The van der Waals surface area contributed by atoms with Crippen LogP contribution in [0.4, 0.5) is 0 Å². The average Bonchev–Trinajstić information content (AvgIpc) is 2.98. The summed E-state index contributed by atoms with van der Waals surface area (Å²) in [6, 6.07) is 10.6. The molecule has 0 aliphatic rings. The van der Waals surface area contributed by atoms with E-state index >= 15 is 0 Å². The van der Waals surface area contributed by atoms with E-state index in [2.05, 4.69) is 33.7 Å². The smallest absolute Gasteiger partial charge is 0.190 e.